The van der Waals surface area contributed by atoms with Crippen molar-refractivity contribution in [3.63, 3.8) is 0 Å². The summed E-state index contributed by atoms with van der Waals surface area (Å²) in [5.74, 6) is 0. The van der Waals surface area contributed by atoms with Crippen molar-refractivity contribution in [3.05, 3.63) is 30.3 Å². The lowest BCUT2D eigenvalue weighted by molar-refractivity contribution is 0.236. The van der Waals surface area contributed by atoms with Crippen LogP contribution in [0.1, 0.15) is 25.7 Å². The van der Waals surface area contributed by atoms with E-state index in [9.17, 15) is 16.8 Å². The van der Waals surface area contributed by atoms with E-state index in [0.717, 1.165) is 12.8 Å². The molecule has 2 aliphatic rings. The second-order valence-corrected chi connectivity index (χ2v) is 10.7. The van der Waals surface area contributed by atoms with Gasteiger partial charge in [0.2, 0.25) is 0 Å². The zero-order chi connectivity index (χ0) is 16.8. The first-order valence-electron chi connectivity index (χ1n) is 7.74. The first kappa shape index (κ1) is 16.9. The fraction of sp³-hybridized carbons (Fsp3) is 0.600. The van der Waals surface area contributed by atoms with Crippen molar-refractivity contribution in [2.45, 2.75) is 47.9 Å². The number of fused-ring (bicyclic) bond motifs is 2. The molecule has 0 amide bonds. The minimum absolute atomic E-state index is 0.218. The molecule has 0 radical (unpaired) electrons. The van der Waals surface area contributed by atoms with Gasteiger partial charge in [-0.3, -0.25) is 0 Å². The quantitative estimate of drug-likeness (QED) is 0.812. The predicted octanol–water partition coefficient (Wildman–Crippen LogP) is 1.26. The lowest BCUT2D eigenvalue weighted by Crippen LogP contribution is -2.52. The molecule has 1 aromatic rings. The van der Waals surface area contributed by atoms with Crippen LogP contribution in [-0.4, -0.2) is 56.9 Å². The average Bonchev–Trinajstić information content (AvgIpc) is 2.79. The molecule has 0 spiro atoms. The van der Waals surface area contributed by atoms with Crippen molar-refractivity contribution in [1.82, 2.24) is 8.61 Å². The van der Waals surface area contributed by atoms with Crippen LogP contribution in [0, 0.1) is 0 Å². The Balaban J connectivity index is 1.88. The molecule has 0 N–H and O–H groups in total. The maximum Gasteiger partial charge on any atom is 0.281 e. The molecule has 0 aromatic heterocycles. The standard InChI is InChI=1S/C15H22N2O4S2/c1-16(2)23(20,21)17-12-8-9-13(17)11-15(10-12)22(18,19)14-6-4-3-5-7-14/h3-7,12-13,15H,8-11H2,1-2H3/t12-,13+,15?. The molecule has 8 heteroatoms. The van der Waals surface area contributed by atoms with Crippen LogP contribution in [0.3, 0.4) is 0 Å². The topological polar surface area (TPSA) is 74.8 Å². The van der Waals surface area contributed by atoms with Gasteiger partial charge in [0.05, 0.1) is 10.1 Å². The van der Waals surface area contributed by atoms with Crippen molar-refractivity contribution in [2.24, 2.45) is 0 Å². The highest BCUT2D eigenvalue weighted by molar-refractivity contribution is 7.92. The van der Waals surface area contributed by atoms with Gasteiger partial charge in [-0.1, -0.05) is 18.2 Å². The normalized spacial score (nSPS) is 29.1. The number of hydrogen-bond acceptors (Lipinski definition) is 4. The molecular formula is C15H22N2O4S2. The van der Waals surface area contributed by atoms with Crippen LogP contribution in [-0.2, 0) is 20.0 Å². The molecular weight excluding hydrogens is 336 g/mol. The highest BCUT2D eigenvalue weighted by Gasteiger charge is 2.50. The monoisotopic (exact) mass is 358 g/mol. The maximum absolute atomic E-state index is 12.8. The van der Waals surface area contributed by atoms with Gasteiger partial charge in [0, 0.05) is 26.2 Å². The van der Waals surface area contributed by atoms with Crippen molar-refractivity contribution in [3.8, 4) is 0 Å². The molecule has 6 nitrogen and oxygen atoms in total. The van der Waals surface area contributed by atoms with Gasteiger partial charge in [-0.15, -0.1) is 0 Å². The van der Waals surface area contributed by atoms with Gasteiger partial charge in [0.15, 0.2) is 9.84 Å². The summed E-state index contributed by atoms with van der Waals surface area (Å²) in [5.41, 5.74) is 0. The van der Waals surface area contributed by atoms with Crippen molar-refractivity contribution in [2.75, 3.05) is 14.1 Å². The molecule has 128 valence electrons. The summed E-state index contributed by atoms with van der Waals surface area (Å²) in [7, 11) is -3.88. The molecule has 3 atom stereocenters. The number of benzene rings is 1. The van der Waals surface area contributed by atoms with E-state index in [1.165, 1.54) is 22.7 Å². The SMILES string of the molecule is CN(C)S(=O)(=O)N1[C@@H]2CC[C@H]1CC(S(=O)(=O)c1ccccc1)C2. The van der Waals surface area contributed by atoms with Crippen molar-refractivity contribution < 1.29 is 16.8 Å². The highest BCUT2D eigenvalue weighted by atomic mass is 32.2. The van der Waals surface area contributed by atoms with E-state index in [-0.39, 0.29) is 12.1 Å². The number of rotatable bonds is 4. The maximum atomic E-state index is 12.8. The van der Waals surface area contributed by atoms with Crippen LogP contribution in [0.2, 0.25) is 0 Å². The van der Waals surface area contributed by atoms with E-state index in [1.54, 1.807) is 30.3 Å². The Kier molecular flexibility index (Phi) is 4.29. The minimum Gasteiger partial charge on any atom is -0.223 e. The fourth-order valence-corrected chi connectivity index (χ4v) is 7.09. The molecule has 0 aliphatic carbocycles. The Hall–Kier alpha value is -0.960. The van der Waals surface area contributed by atoms with E-state index in [4.69, 9.17) is 0 Å². The van der Waals surface area contributed by atoms with E-state index >= 15 is 0 Å². The molecule has 2 saturated heterocycles. The van der Waals surface area contributed by atoms with Crippen LogP contribution < -0.4 is 0 Å². The molecule has 2 aliphatic heterocycles. The van der Waals surface area contributed by atoms with Gasteiger partial charge in [0.25, 0.3) is 10.2 Å². The number of hydrogen-bond donors (Lipinski definition) is 0. The smallest absolute Gasteiger partial charge is 0.223 e. The summed E-state index contributed by atoms with van der Waals surface area (Å²) >= 11 is 0. The second-order valence-electron chi connectivity index (χ2n) is 6.46. The zero-order valence-corrected chi connectivity index (χ0v) is 14.9. The average molecular weight is 358 g/mol. The Labute approximate surface area is 138 Å². The minimum atomic E-state index is -3.50. The molecule has 2 fully saturated rings. The molecule has 0 saturated carbocycles. The largest absolute Gasteiger partial charge is 0.281 e. The third kappa shape index (κ3) is 2.82. The second kappa shape index (κ2) is 5.84. The lowest BCUT2D eigenvalue weighted by atomic mass is 10.1. The van der Waals surface area contributed by atoms with Crippen molar-refractivity contribution >= 4 is 20.0 Å². The Morgan fingerprint density at radius 3 is 1.96 bits per heavy atom. The zero-order valence-electron chi connectivity index (χ0n) is 13.3. The first-order valence-corrected chi connectivity index (χ1v) is 10.7. The fourth-order valence-electron chi connectivity index (χ4n) is 3.71. The molecule has 1 unspecified atom stereocenters. The molecule has 2 bridgehead atoms. The van der Waals surface area contributed by atoms with Crippen LogP contribution in [0.4, 0.5) is 0 Å². The third-order valence-corrected chi connectivity index (χ3v) is 9.11. The lowest BCUT2D eigenvalue weighted by Gasteiger charge is -2.38. The summed E-state index contributed by atoms with van der Waals surface area (Å²) < 4.78 is 53.3. The summed E-state index contributed by atoms with van der Waals surface area (Å²) in [4.78, 5) is 0.327. The Morgan fingerprint density at radius 1 is 0.957 bits per heavy atom. The van der Waals surface area contributed by atoms with Gasteiger partial charge in [-0.2, -0.15) is 17.0 Å². The predicted molar refractivity (Wildman–Crippen MR) is 87.9 cm³/mol. The summed E-state index contributed by atoms with van der Waals surface area (Å²) in [6.07, 6.45) is 2.22. The highest BCUT2D eigenvalue weighted by Crippen LogP contribution is 2.41. The van der Waals surface area contributed by atoms with Crippen LogP contribution in [0.5, 0.6) is 0 Å². The summed E-state index contributed by atoms with van der Waals surface area (Å²) in [6, 6.07) is 8.00. The number of sulfone groups is 1. The van der Waals surface area contributed by atoms with Gasteiger partial charge in [0.1, 0.15) is 0 Å². The molecule has 1 aromatic carbocycles. The number of piperidine rings is 1. The molecule has 23 heavy (non-hydrogen) atoms. The van der Waals surface area contributed by atoms with Crippen LogP contribution in [0.25, 0.3) is 0 Å². The summed E-state index contributed by atoms with van der Waals surface area (Å²) in [6.45, 7) is 0. The van der Waals surface area contributed by atoms with E-state index in [2.05, 4.69) is 0 Å². The van der Waals surface area contributed by atoms with E-state index < -0.39 is 25.3 Å². The first-order chi connectivity index (χ1) is 10.7. The van der Waals surface area contributed by atoms with Crippen LogP contribution >= 0.6 is 0 Å². The van der Waals surface area contributed by atoms with Crippen LogP contribution in [0.15, 0.2) is 35.2 Å². The molecule has 3 rings (SSSR count). The van der Waals surface area contributed by atoms with Gasteiger partial charge in [-0.25, -0.2) is 8.42 Å². The Bertz CT molecular complexity index is 761. The Morgan fingerprint density at radius 2 is 1.48 bits per heavy atom. The van der Waals surface area contributed by atoms with E-state index in [0.29, 0.717) is 17.7 Å². The molecule has 2 heterocycles. The van der Waals surface area contributed by atoms with Gasteiger partial charge >= 0.3 is 0 Å². The van der Waals surface area contributed by atoms with Gasteiger partial charge < -0.3 is 0 Å². The van der Waals surface area contributed by atoms with Crippen molar-refractivity contribution in [1.29, 1.82) is 0 Å². The number of nitrogens with zero attached hydrogens (tertiary/aromatic N) is 2. The van der Waals surface area contributed by atoms with Gasteiger partial charge in [-0.05, 0) is 37.8 Å². The third-order valence-electron chi connectivity index (χ3n) is 4.86. The summed E-state index contributed by atoms with van der Waals surface area (Å²) in [5, 5.41) is -0.504. The van der Waals surface area contributed by atoms with E-state index in [1.807, 2.05) is 0 Å².